The minimum atomic E-state index is -0.316. The van der Waals surface area contributed by atoms with Crippen LogP contribution in [0.5, 0.6) is 0 Å². The number of benzene rings is 1. The Morgan fingerprint density at radius 2 is 2.15 bits per heavy atom. The Hall–Kier alpha value is -1.81. The normalized spacial score (nSPS) is 10.7. The van der Waals surface area contributed by atoms with Crippen LogP contribution in [0.4, 0.5) is 5.69 Å². The van der Waals surface area contributed by atoms with Gasteiger partial charge < -0.3 is 10.3 Å². The SMILES string of the molecule is CCCCCC(=O)Nc1cc2c(Cl)cccc2[nH]c1=O. The van der Waals surface area contributed by atoms with Gasteiger partial charge in [0.15, 0.2) is 0 Å². The average Bonchev–Trinajstić information content (AvgIpc) is 2.41. The molecule has 106 valence electrons. The fraction of sp³-hybridized carbons (Fsp3) is 0.333. The number of hydrogen-bond donors (Lipinski definition) is 2. The molecule has 4 nitrogen and oxygen atoms in total. The quantitative estimate of drug-likeness (QED) is 0.825. The molecular formula is C15H17ClN2O2. The van der Waals surface area contributed by atoms with Crippen molar-refractivity contribution < 1.29 is 4.79 Å². The van der Waals surface area contributed by atoms with Crippen molar-refractivity contribution in [2.75, 3.05) is 5.32 Å². The van der Waals surface area contributed by atoms with Gasteiger partial charge in [0.25, 0.3) is 5.56 Å². The van der Waals surface area contributed by atoms with Crippen LogP contribution in [0, 0.1) is 0 Å². The summed E-state index contributed by atoms with van der Waals surface area (Å²) in [7, 11) is 0. The van der Waals surface area contributed by atoms with E-state index in [1.165, 1.54) is 0 Å². The second kappa shape index (κ2) is 6.57. The van der Waals surface area contributed by atoms with E-state index in [1.807, 2.05) is 0 Å². The molecule has 0 aliphatic heterocycles. The molecule has 1 aromatic carbocycles. The zero-order valence-corrected chi connectivity index (χ0v) is 12.1. The summed E-state index contributed by atoms with van der Waals surface area (Å²) >= 11 is 6.09. The maximum atomic E-state index is 11.9. The number of H-pyrrole nitrogens is 1. The van der Waals surface area contributed by atoms with Crippen LogP contribution in [-0.4, -0.2) is 10.9 Å². The van der Waals surface area contributed by atoms with Crippen molar-refractivity contribution in [1.82, 2.24) is 4.98 Å². The first kappa shape index (κ1) is 14.6. The minimum absolute atomic E-state index is 0.143. The number of anilines is 1. The van der Waals surface area contributed by atoms with E-state index in [1.54, 1.807) is 24.3 Å². The van der Waals surface area contributed by atoms with Gasteiger partial charge in [-0.15, -0.1) is 0 Å². The van der Waals surface area contributed by atoms with Crippen LogP contribution in [0.2, 0.25) is 5.02 Å². The van der Waals surface area contributed by atoms with Gasteiger partial charge in [0.05, 0.1) is 0 Å². The Bertz CT molecular complexity index is 679. The predicted molar refractivity (Wildman–Crippen MR) is 82.4 cm³/mol. The first-order chi connectivity index (χ1) is 9.61. The first-order valence-electron chi connectivity index (χ1n) is 6.73. The summed E-state index contributed by atoms with van der Waals surface area (Å²) in [6.07, 6.45) is 3.31. The number of carbonyl (C=O) groups is 1. The Morgan fingerprint density at radius 3 is 2.90 bits per heavy atom. The van der Waals surface area contributed by atoms with Gasteiger partial charge in [0.2, 0.25) is 5.91 Å². The number of rotatable bonds is 5. The predicted octanol–water partition coefficient (Wildman–Crippen LogP) is 3.70. The fourth-order valence-electron chi connectivity index (χ4n) is 2.03. The van der Waals surface area contributed by atoms with Gasteiger partial charge in [-0.05, 0) is 24.6 Å². The van der Waals surface area contributed by atoms with Gasteiger partial charge in [-0.1, -0.05) is 37.4 Å². The summed E-state index contributed by atoms with van der Waals surface area (Å²) in [6.45, 7) is 2.08. The second-order valence-corrected chi connectivity index (χ2v) is 5.13. The fourth-order valence-corrected chi connectivity index (χ4v) is 2.26. The summed E-state index contributed by atoms with van der Waals surface area (Å²) in [5.41, 5.74) is 0.585. The number of aromatic nitrogens is 1. The molecule has 2 N–H and O–H groups in total. The van der Waals surface area contributed by atoms with Crippen LogP contribution in [0.3, 0.4) is 0 Å². The van der Waals surface area contributed by atoms with Gasteiger partial charge in [0.1, 0.15) is 5.69 Å². The number of nitrogens with one attached hydrogen (secondary N) is 2. The molecule has 0 bridgehead atoms. The van der Waals surface area contributed by atoms with Crippen LogP contribution in [0.15, 0.2) is 29.1 Å². The van der Waals surface area contributed by atoms with Gasteiger partial charge in [-0.25, -0.2) is 0 Å². The summed E-state index contributed by atoms with van der Waals surface area (Å²) in [4.78, 5) is 26.4. The van der Waals surface area contributed by atoms with Crippen LogP contribution < -0.4 is 10.9 Å². The lowest BCUT2D eigenvalue weighted by molar-refractivity contribution is -0.116. The van der Waals surface area contributed by atoms with E-state index in [0.29, 0.717) is 17.0 Å². The third-order valence-electron chi connectivity index (χ3n) is 3.12. The van der Waals surface area contributed by atoms with E-state index in [-0.39, 0.29) is 17.2 Å². The molecule has 1 aromatic heterocycles. The lowest BCUT2D eigenvalue weighted by Gasteiger charge is -2.06. The van der Waals surface area contributed by atoms with Crippen molar-refractivity contribution >= 4 is 34.1 Å². The van der Waals surface area contributed by atoms with Crippen molar-refractivity contribution in [2.24, 2.45) is 0 Å². The summed E-state index contributed by atoms with van der Waals surface area (Å²) in [5, 5.41) is 3.91. The average molecular weight is 293 g/mol. The number of fused-ring (bicyclic) bond motifs is 1. The standard InChI is InChI=1S/C15H17ClN2O2/c1-2-3-4-8-14(19)17-13-9-10-11(16)6-5-7-12(10)18-15(13)20/h5-7,9H,2-4,8H2,1H3,(H,17,19)(H,18,20). The number of pyridine rings is 1. The number of hydrogen-bond acceptors (Lipinski definition) is 2. The molecule has 1 heterocycles. The number of amides is 1. The molecule has 1 amide bonds. The van der Waals surface area contributed by atoms with E-state index < -0.39 is 0 Å². The molecule has 0 radical (unpaired) electrons. The zero-order valence-electron chi connectivity index (χ0n) is 11.3. The van der Waals surface area contributed by atoms with E-state index >= 15 is 0 Å². The highest BCUT2D eigenvalue weighted by Crippen LogP contribution is 2.22. The van der Waals surface area contributed by atoms with Crippen molar-refractivity contribution in [3.8, 4) is 0 Å². The molecule has 2 rings (SSSR count). The number of carbonyl (C=O) groups excluding carboxylic acids is 1. The number of unbranched alkanes of at least 4 members (excludes halogenated alkanes) is 2. The summed E-state index contributed by atoms with van der Waals surface area (Å²) in [5.74, 6) is -0.143. The lowest BCUT2D eigenvalue weighted by Crippen LogP contribution is -2.19. The molecule has 0 unspecified atom stereocenters. The molecule has 2 aromatic rings. The highest BCUT2D eigenvalue weighted by atomic mass is 35.5. The van der Waals surface area contributed by atoms with Gasteiger partial charge in [-0.2, -0.15) is 0 Å². The van der Waals surface area contributed by atoms with Crippen LogP contribution in [0.1, 0.15) is 32.6 Å². The van der Waals surface area contributed by atoms with Crippen molar-refractivity contribution in [1.29, 1.82) is 0 Å². The third kappa shape index (κ3) is 3.39. The van der Waals surface area contributed by atoms with E-state index in [4.69, 9.17) is 11.6 Å². The highest BCUT2D eigenvalue weighted by Gasteiger charge is 2.08. The van der Waals surface area contributed by atoms with Crippen LogP contribution >= 0.6 is 11.6 Å². The largest absolute Gasteiger partial charge is 0.321 e. The zero-order chi connectivity index (χ0) is 14.5. The van der Waals surface area contributed by atoms with Crippen molar-refractivity contribution in [3.63, 3.8) is 0 Å². The number of halogens is 1. The Morgan fingerprint density at radius 1 is 1.35 bits per heavy atom. The minimum Gasteiger partial charge on any atom is -0.321 e. The molecule has 0 saturated carbocycles. The smallest absolute Gasteiger partial charge is 0.272 e. The molecule has 0 aliphatic carbocycles. The molecule has 0 spiro atoms. The highest BCUT2D eigenvalue weighted by molar-refractivity contribution is 6.35. The van der Waals surface area contributed by atoms with Gasteiger partial charge in [-0.3, -0.25) is 9.59 Å². The molecule has 0 aliphatic rings. The second-order valence-electron chi connectivity index (χ2n) is 4.72. The molecule has 0 saturated heterocycles. The Labute approximate surface area is 122 Å². The lowest BCUT2D eigenvalue weighted by atomic mass is 10.2. The summed E-state index contributed by atoms with van der Waals surface area (Å²) in [6, 6.07) is 6.91. The van der Waals surface area contributed by atoms with E-state index in [9.17, 15) is 9.59 Å². The van der Waals surface area contributed by atoms with Crippen molar-refractivity contribution in [3.05, 3.63) is 39.6 Å². The first-order valence-corrected chi connectivity index (χ1v) is 7.11. The van der Waals surface area contributed by atoms with Crippen LogP contribution in [-0.2, 0) is 4.79 Å². The van der Waals surface area contributed by atoms with E-state index in [2.05, 4.69) is 17.2 Å². The molecule has 0 atom stereocenters. The Kier molecular flexibility index (Phi) is 4.79. The Balaban J connectivity index is 2.22. The molecule has 5 heteroatoms. The number of aromatic amines is 1. The van der Waals surface area contributed by atoms with Gasteiger partial charge >= 0.3 is 0 Å². The maximum absolute atomic E-state index is 11.9. The molecule has 0 fully saturated rings. The summed E-state index contributed by atoms with van der Waals surface area (Å²) < 4.78 is 0. The third-order valence-corrected chi connectivity index (χ3v) is 3.45. The van der Waals surface area contributed by atoms with Crippen molar-refractivity contribution in [2.45, 2.75) is 32.6 Å². The molecular weight excluding hydrogens is 276 g/mol. The topological polar surface area (TPSA) is 62.0 Å². The van der Waals surface area contributed by atoms with E-state index in [0.717, 1.165) is 24.6 Å². The molecule has 20 heavy (non-hydrogen) atoms. The maximum Gasteiger partial charge on any atom is 0.272 e. The van der Waals surface area contributed by atoms with Crippen LogP contribution in [0.25, 0.3) is 10.9 Å². The monoisotopic (exact) mass is 292 g/mol. The van der Waals surface area contributed by atoms with Gasteiger partial charge in [0, 0.05) is 22.3 Å².